The van der Waals surface area contributed by atoms with Crippen LogP contribution in [0.2, 0.25) is 5.02 Å². The maximum absolute atomic E-state index is 12.8. The average Bonchev–Trinajstić information content (AvgIpc) is 2.46. The first-order valence-electron chi connectivity index (χ1n) is 6.44. The number of nitro groups is 1. The van der Waals surface area contributed by atoms with Crippen molar-refractivity contribution in [3.63, 3.8) is 0 Å². The molecular weight excluding hydrogens is 295 g/mol. The molecule has 0 spiro atoms. The van der Waals surface area contributed by atoms with Gasteiger partial charge in [0.2, 0.25) is 0 Å². The van der Waals surface area contributed by atoms with Crippen molar-refractivity contribution in [2.75, 3.05) is 6.54 Å². The molecule has 0 saturated heterocycles. The fourth-order valence-corrected chi connectivity index (χ4v) is 2.11. The number of nitrogens with zero attached hydrogens (tertiary/aromatic N) is 1. The van der Waals surface area contributed by atoms with Gasteiger partial charge in [0.15, 0.2) is 0 Å². The van der Waals surface area contributed by atoms with Crippen molar-refractivity contribution in [1.82, 2.24) is 5.32 Å². The first kappa shape index (κ1) is 15.4. The Morgan fingerprint density at radius 1 is 1.14 bits per heavy atom. The smallest absolute Gasteiger partial charge is 0.288 e. The van der Waals surface area contributed by atoms with Crippen molar-refractivity contribution in [3.05, 3.63) is 74.5 Å². The molecule has 4 nitrogen and oxygen atoms in total. The van der Waals surface area contributed by atoms with Crippen LogP contribution in [0.3, 0.4) is 0 Å². The number of rotatable bonds is 6. The lowest BCUT2D eigenvalue weighted by atomic mass is 10.1. The third-order valence-corrected chi connectivity index (χ3v) is 3.36. The molecule has 0 saturated carbocycles. The van der Waals surface area contributed by atoms with Crippen LogP contribution in [0.15, 0.2) is 42.5 Å². The number of halogens is 2. The van der Waals surface area contributed by atoms with E-state index < -0.39 is 4.92 Å². The predicted molar refractivity (Wildman–Crippen MR) is 79.9 cm³/mol. The number of benzene rings is 2. The second-order valence-corrected chi connectivity index (χ2v) is 5.00. The van der Waals surface area contributed by atoms with Gasteiger partial charge in [0.25, 0.3) is 5.69 Å². The van der Waals surface area contributed by atoms with Crippen molar-refractivity contribution >= 4 is 17.3 Å². The lowest BCUT2D eigenvalue weighted by Crippen LogP contribution is -2.16. The van der Waals surface area contributed by atoms with Gasteiger partial charge in [0.05, 0.1) is 4.92 Å². The average molecular weight is 309 g/mol. The molecule has 0 atom stereocenters. The minimum absolute atomic E-state index is 0.0884. The number of hydrogen-bond donors (Lipinski definition) is 1. The summed E-state index contributed by atoms with van der Waals surface area (Å²) in [6, 6.07) is 11.1. The summed E-state index contributed by atoms with van der Waals surface area (Å²) in [5, 5.41) is 14.1. The fourth-order valence-electron chi connectivity index (χ4n) is 1.92. The van der Waals surface area contributed by atoms with Crippen LogP contribution in [-0.4, -0.2) is 11.5 Å². The monoisotopic (exact) mass is 308 g/mol. The van der Waals surface area contributed by atoms with Crippen LogP contribution >= 0.6 is 11.6 Å². The molecule has 6 heteroatoms. The zero-order valence-corrected chi connectivity index (χ0v) is 11.9. The van der Waals surface area contributed by atoms with E-state index in [4.69, 9.17) is 11.6 Å². The molecule has 1 N–H and O–H groups in total. The summed E-state index contributed by atoms with van der Waals surface area (Å²) in [5.74, 6) is -0.250. The highest BCUT2D eigenvalue weighted by Gasteiger charge is 2.12. The largest absolute Gasteiger partial charge is 0.312 e. The third-order valence-electron chi connectivity index (χ3n) is 3.04. The molecule has 110 valence electrons. The Kier molecular flexibility index (Phi) is 5.25. The summed E-state index contributed by atoms with van der Waals surface area (Å²) in [6.45, 7) is 1.21. The molecule has 0 aliphatic rings. The van der Waals surface area contributed by atoms with Crippen LogP contribution in [0.25, 0.3) is 0 Å². The molecule has 2 aromatic carbocycles. The van der Waals surface area contributed by atoms with Gasteiger partial charge in [-0.15, -0.1) is 0 Å². The highest BCUT2D eigenvalue weighted by atomic mass is 35.5. The van der Waals surface area contributed by atoms with Crippen molar-refractivity contribution in [2.45, 2.75) is 13.0 Å². The SMILES string of the molecule is O=[N+]([O-])c1cc(CNCCc2ccc(F)cc2)ccc1Cl. The molecule has 0 bridgehead atoms. The van der Waals surface area contributed by atoms with E-state index in [1.54, 1.807) is 18.2 Å². The second-order valence-electron chi connectivity index (χ2n) is 4.60. The minimum atomic E-state index is -0.496. The minimum Gasteiger partial charge on any atom is -0.312 e. The molecule has 0 heterocycles. The van der Waals surface area contributed by atoms with E-state index in [9.17, 15) is 14.5 Å². The summed E-state index contributed by atoms with van der Waals surface area (Å²) < 4.78 is 12.8. The zero-order chi connectivity index (χ0) is 15.2. The lowest BCUT2D eigenvalue weighted by Gasteiger charge is -2.06. The Bertz CT molecular complexity index is 632. The zero-order valence-electron chi connectivity index (χ0n) is 11.2. The molecule has 0 radical (unpaired) electrons. The molecule has 0 unspecified atom stereocenters. The first-order chi connectivity index (χ1) is 10.1. The van der Waals surface area contributed by atoms with E-state index in [0.29, 0.717) is 13.1 Å². The van der Waals surface area contributed by atoms with Crippen LogP contribution in [-0.2, 0) is 13.0 Å². The Morgan fingerprint density at radius 3 is 2.48 bits per heavy atom. The summed E-state index contributed by atoms with van der Waals surface area (Å²) in [5.41, 5.74) is 1.74. The summed E-state index contributed by atoms with van der Waals surface area (Å²) in [4.78, 5) is 10.3. The summed E-state index contributed by atoms with van der Waals surface area (Å²) >= 11 is 5.75. The van der Waals surface area contributed by atoms with Crippen molar-refractivity contribution in [3.8, 4) is 0 Å². The van der Waals surface area contributed by atoms with Crippen molar-refractivity contribution in [2.24, 2.45) is 0 Å². The van der Waals surface area contributed by atoms with Gasteiger partial charge in [-0.3, -0.25) is 10.1 Å². The van der Waals surface area contributed by atoms with Crippen molar-refractivity contribution in [1.29, 1.82) is 0 Å². The highest BCUT2D eigenvalue weighted by molar-refractivity contribution is 6.32. The van der Waals surface area contributed by atoms with Gasteiger partial charge in [-0.25, -0.2) is 4.39 Å². The molecule has 0 aliphatic carbocycles. The van der Waals surface area contributed by atoms with Gasteiger partial charge in [-0.2, -0.15) is 0 Å². The Balaban J connectivity index is 1.85. The van der Waals surface area contributed by atoms with E-state index in [2.05, 4.69) is 5.32 Å². The van der Waals surface area contributed by atoms with Crippen molar-refractivity contribution < 1.29 is 9.31 Å². The van der Waals surface area contributed by atoms with E-state index in [0.717, 1.165) is 17.5 Å². The van der Waals surface area contributed by atoms with Crippen LogP contribution in [0.1, 0.15) is 11.1 Å². The Morgan fingerprint density at radius 2 is 1.81 bits per heavy atom. The van der Waals surface area contributed by atoms with Gasteiger partial charge < -0.3 is 5.32 Å². The second kappa shape index (κ2) is 7.15. The maximum atomic E-state index is 12.8. The lowest BCUT2D eigenvalue weighted by molar-refractivity contribution is -0.384. The molecule has 0 aromatic heterocycles. The van der Waals surface area contributed by atoms with E-state index in [-0.39, 0.29) is 16.5 Å². The third kappa shape index (κ3) is 4.51. The molecule has 2 rings (SSSR count). The fraction of sp³-hybridized carbons (Fsp3) is 0.200. The summed E-state index contributed by atoms with van der Waals surface area (Å²) in [7, 11) is 0. The quantitative estimate of drug-likeness (QED) is 0.503. The number of nitrogens with one attached hydrogen (secondary N) is 1. The van der Waals surface area contributed by atoms with Gasteiger partial charge in [-0.1, -0.05) is 29.8 Å². The number of nitro benzene ring substituents is 1. The van der Waals surface area contributed by atoms with Crippen LogP contribution in [0, 0.1) is 15.9 Å². The maximum Gasteiger partial charge on any atom is 0.288 e. The van der Waals surface area contributed by atoms with E-state index in [1.165, 1.54) is 24.3 Å². The van der Waals surface area contributed by atoms with Crippen LogP contribution in [0.4, 0.5) is 10.1 Å². The number of hydrogen-bond acceptors (Lipinski definition) is 3. The van der Waals surface area contributed by atoms with Gasteiger partial charge >= 0.3 is 0 Å². The van der Waals surface area contributed by atoms with E-state index in [1.807, 2.05) is 0 Å². The molecule has 0 aliphatic heterocycles. The van der Waals surface area contributed by atoms with E-state index >= 15 is 0 Å². The predicted octanol–water partition coefficient (Wildman–Crippen LogP) is 3.72. The topological polar surface area (TPSA) is 55.2 Å². The Hall–Kier alpha value is -1.98. The standard InChI is InChI=1S/C15H14ClFN2O2/c16-14-6-3-12(9-15(14)19(20)21)10-18-8-7-11-1-4-13(17)5-2-11/h1-6,9,18H,7-8,10H2. The van der Waals surface area contributed by atoms with Gasteiger partial charge in [0, 0.05) is 12.6 Å². The molecule has 0 fully saturated rings. The molecule has 0 amide bonds. The van der Waals surface area contributed by atoms with Crippen LogP contribution in [0.5, 0.6) is 0 Å². The molecular formula is C15H14ClFN2O2. The van der Waals surface area contributed by atoms with Gasteiger partial charge in [-0.05, 0) is 42.3 Å². The summed E-state index contributed by atoms with van der Waals surface area (Å²) in [6.07, 6.45) is 0.760. The normalized spacial score (nSPS) is 10.6. The van der Waals surface area contributed by atoms with Gasteiger partial charge in [0.1, 0.15) is 10.8 Å². The highest BCUT2D eigenvalue weighted by Crippen LogP contribution is 2.24. The first-order valence-corrected chi connectivity index (χ1v) is 6.82. The van der Waals surface area contributed by atoms with Crippen LogP contribution < -0.4 is 5.32 Å². The molecule has 2 aromatic rings. The Labute approximate surface area is 126 Å². The molecule has 21 heavy (non-hydrogen) atoms.